The quantitative estimate of drug-likeness (QED) is 0.561. The van der Waals surface area contributed by atoms with Crippen molar-refractivity contribution in [3.8, 4) is 17.0 Å². The third-order valence-corrected chi connectivity index (χ3v) is 6.79. The van der Waals surface area contributed by atoms with Crippen LogP contribution in [-0.4, -0.2) is 44.8 Å². The molecule has 1 fully saturated rings. The van der Waals surface area contributed by atoms with Crippen molar-refractivity contribution in [3.05, 3.63) is 75.9 Å². The summed E-state index contributed by atoms with van der Waals surface area (Å²) in [5.74, 6) is 0.876. The van der Waals surface area contributed by atoms with Crippen molar-refractivity contribution >= 4 is 11.6 Å². The monoisotopic (exact) mass is 455 g/mol. The zero-order valence-corrected chi connectivity index (χ0v) is 18.5. The second-order valence-electron chi connectivity index (χ2n) is 8.59. The van der Waals surface area contributed by atoms with Gasteiger partial charge in [-0.25, -0.2) is 0 Å². The highest BCUT2D eigenvalue weighted by atomic mass is 35.5. The zero-order valence-electron chi connectivity index (χ0n) is 17.7. The Bertz CT molecular complexity index is 1140. The molecule has 32 heavy (non-hydrogen) atoms. The van der Waals surface area contributed by atoms with E-state index in [1.165, 1.54) is 11.3 Å². The van der Waals surface area contributed by atoms with Gasteiger partial charge < -0.3 is 29.4 Å². The number of aryl methyl sites for hydroxylation is 1. The third-order valence-electron chi connectivity index (χ3n) is 6.42. The Kier molecular flexibility index (Phi) is 5.73. The molecular formula is C25H26ClNO5. The van der Waals surface area contributed by atoms with Crippen LogP contribution in [0.1, 0.15) is 34.8 Å². The summed E-state index contributed by atoms with van der Waals surface area (Å²) in [7, 11) is 2.04. The Hall–Kier alpha value is -2.35. The van der Waals surface area contributed by atoms with Gasteiger partial charge in [0.15, 0.2) is 0 Å². The van der Waals surface area contributed by atoms with E-state index in [2.05, 4.69) is 22.8 Å². The van der Waals surface area contributed by atoms with Crippen molar-refractivity contribution in [1.82, 2.24) is 4.57 Å². The van der Waals surface area contributed by atoms with Crippen molar-refractivity contribution in [2.24, 2.45) is 7.05 Å². The molecule has 0 spiro atoms. The Morgan fingerprint density at radius 1 is 1.12 bits per heavy atom. The first-order valence-electron chi connectivity index (χ1n) is 10.8. The fourth-order valence-electron chi connectivity index (χ4n) is 4.68. The topological polar surface area (TPSA) is 84.1 Å². The van der Waals surface area contributed by atoms with E-state index in [1.807, 2.05) is 37.5 Å². The van der Waals surface area contributed by atoms with Gasteiger partial charge in [-0.3, -0.25) is 0 Å². The molecule has 6 nitrogen and oxygen atoms in total. The maximum absolute atomic E-state index is 10.2. The molecule has 4 atom stereocenters. The molecule has 3 aromatic rings. The van der Waals surface area contributed by atoms with E-state index >= 15 is 0 Å². The molecule has 2 aliphatic heterocycles. The number of aliphatic hydroxyl groups excluding tert-OH is 3. The SMILES string of the molecule is Cn1ccc2c1-c1cc(Cc3cc(C4CC(O)C(O)C(CO)O4)ccc3Cl)ccc1OC2. The lowest BCUT2D eigenvalue weighted by Gasteiger charge is -2.36. The second-order valence-corrected chi connectivity index (χ2v) is 8.99. The summed E-state index contributed by atoms with van der Waals surface area (Å²) < 4.78 is 13.9. The van der Waals surface area contributed by atoms with Crippen molar-refractivity contribution in [2.75, 3.05) is 6.61 Å². The fraction of sp³-hybridized carbons (Fsp3) is 0.360. The number of aliphatic hydroxyl groups is 3. The van der Waals surface area contributed by atoms with Gasteiger partial charge in [0.25, 0.3) is 0 Å². The average molecular weight is 456 g/mol. The Balaban J connectivity index is 1.43. The minimum Gasteiger partial charge on any atom is -0.488 e. The summed E-state index contributed by atoms with van der Waals surface area (Å²) in [5, 5.41) is 30.3. The number of halogens is 1. The first-order valence-corrected chi connectivity index (χ1v) is 11.1. The largest absolute Gasteiger partial charge is 0.488 e. The minimum atomic E-state index is -1.09. The van der Waals surface area contributed by atoms with Crippen LogP contribution in [0.25, 0.3) is 11.3 Å². The number of ether oxygens (including phenoxy) is 2. The average Bonchev–Trinajstić information content (AvgIpc) is 3.18. The number of benzene rings is 2. The standard InChI is InChI=1S/C25H26ClNO5/c1-27-7-6-16-13-31-21-5-2-14(9-18(21)24(16)27)8-17-10-15(3-4-19(17)26)22-11-20(29)25(30)23(12-28)32-22/h2-7,9-10,20,22-23,25,28-30H,8,11-13H2,1H3. The van der Waals surface area contributed by atoms with Gasteiger partial charge >= 0.3 is 0 Å². The van der Waals surface area contributed by atoms with Crippen molar-refractivity contribution < 1.29 is 24.8 Å². The van der Waals surface area contributed by atoms with Crippen LogP contribution >= 0.6 is 11.6 Å². The van der Waals surface area contributed by atoms with Gasteiger partial charge in [0.05, 0.1) is 24.5 Å². The predicted molar refractivity (Wildman–Crippen MR) is 121 cm³/mol. The molecule has 5 rings (SSSR count). The van der Waals surface area contributed by atoms with E-state index in [4.69, 9.17) is 21.1 Å². The molecule has 2 aromatic carbocycles. The van der Waals surface area contributed by atoms with Crippen molar-refractivity contribution in [1.29, 1.82) is 0 Å². The first kappa shape index (κ1) is 21.5. The third kappa shape index (κ3) is 3.83. The molecule has 0 amide bonds. The normalized spacial score (nSPS) is 24.5. The summed E-state index contributed by atoms with van der Waals surface area (Å²) in [6.07, 6.45) is -0.363. The summed E-state index contributed by atoms with van der Waals surface area (Å²) in [4.78, 5) is 0. The van der Waals surface area contributed by atoms with Gasteiger partial charge in [0, 0.05) is 35.8 Å². The predicted octanol–water partition coefficient (Wildman–Crippen LogP) is 3.37. The summed E-state index contributed by atoms with van der Waals surface area (Å²) >= 11 is 6.53. The molecule has 0 radical (unpaired) electrons. The highest BCUT2D eigenvalue weighted by molar-refractivity contribution is 6.31. The van der Waals surface area contributed by atoms with E-state index in [9.17, 15) is 15.3 Å². The van der Waals surface area contributed by atoms with Crippen LogP contribution in [0.2, 0.25) is 5.02 Å². The van der Waals surface area contributed by atoms with Crippen molar-refractivity contribution in [3.63, 3.8) is 0 Å². The van der Waals surface area contributed by atoms with Gasteiger partial charge in [-0.1, -0.05) is 29.8 Å². The van der Waals surface area contributed by atoms with Crippen LogP contribution in [0.3, 0.4) is 0 Å². The number of fused-ring (bicyclic) bond motifs is 3. The lowest BCUT2D eigenvalue weighted by atomic mass is 9.92. The van der Waals surface area contributed by atoms with Crippen LogP contribution in [0.15, 0.2) is 48.7 Å². The maximum atomic E-state index is 10.2. The first-order chi connectivity index (χ1) is 15.4. The number of hydrogen-bond acceptors (Lipinski definition) is 5. The van der Waals surface area contributed by atoms with E-state index in [-0.39, 0.29) is 13.0 Å². The van der Waals surface area contributed by atoms with Crippen molar-refractivity contribution in [2.45, 2.75) is 43.9 Å². The number of rotatable bonds is 4. The lowest BCUT2D eigenvalue weighted by molar-refractivity contribution is -0.181. The Morgan fingerprint density at radius 3 is 2.78 bits per heavy atom. The number of nitrogens with zero attached hydrogens (tertiary/aromatic N) is 1. The highest BCUT2D eigenvalue weighted by Crippen LogP contribution is 2.39. The maximum Gasteiger partial charge on any atom is 0.129 e. The highest BCUT2D eigenvalue weighted by Gasteiger charge is 2.37. The number of hydrogen-bond donors (Lipinski definition) is 3. The minimum absolute atomic E-state index is 0.255. The molecule has 168 valence electrons. The summed E-state index contributed by atoms with van der Waals surface area (Å²) in [6, 6.07) is 14.0. The van der Waals surface area contributed by atoms with Gasteiger partial charge in [-0.2, -0.15) is 0 Å². The smallest absolute Gasteiger partial charge is 0.129 e. The van der Waals surface area contributed by atoms with Crippen LogP contribution < -0.4 is 4.74 Å². The second kappa shape index (κ2) is 8.54. The summed E-state index contributed by atoms with van der Waals surface area (Å²) in [5.41, 5.74) is 6.32. The lowest BCUT2D eigenvalue weighted by Crippen LogP contribution is -2.47. The molecule has 1 aromatic heterocycles. The molecule has 3 heterocycles. The van der Waals surface area contributed by atoms with Crippen LogP contribution in [-0.2, 0) is 24.8 Å². The zero-order chi connectivity index (χ0) is 22.4. The molecular weight excluding hydrogens is 430 g/mol. The number of aromatic nitrogens is 1. The molecule has 4 unspecified atom stereocenters. The molecule has 3 N–H and O–H groups in total. The van der Waals surface area contributed by atoms with E-state index in [0.29, 0.717) is 18.1 Å². The molecule has 1 saturated heterocycles. The Labute approximate surface area is 191 Å². The molecule has 0 aliphatic carbocycles. The molecule has 7 heteroatoms. The van der Waals surface area contributed by atoms with Gasteiger partial charge in [-0.15, -0.1) is 0 Å². The van der Waals surface area contributed by atoms with E-state index in [0.717, 1.165) is 28.0 Å². The Morgan fingerprint density at radius 2 is 1.97 bits per heavy atom. The van der Waals surface area contributed by atoms with E-state index in [1.54, 1.807) is 0 Å². The van der Waals surface area contributed by atoms with Gasteiger partial charge in [0.2, 0.25) is 0 Å². The molecule has 0 bridgehead atoms. The van der Waals surface area contributed by atoms with Crippen LogP contribution in [0, 0.1) is 0 Å². The van der Waals surface area contributed by atoms with E-state index < -0.39 is 24.4 Å². The molecule has 0 saturated carbocycles. The van der Waals surface area contributed by atoms with Gasteiger partial charge in [-0.05, 0) is 47.4 Å². The van der Waals surface area contributed by atoms with Gasteiger partial charge in [0.1, 0.15) is 24.6 Å². The summed E-state index contributed by atoms with van der Waals surface area (Å²) in [6.45, 7) is 0.223. The fourth-order valence-corrected chi connectivity index (χ4v) is 4.87. The van der Waals surface area contributed by atoms with Crippen LogP contribution in [0.4, 0.5) is 0 Å². The molecule has 2 aliphatic rings. The van der Waals surface area contributed by atoms with Crippen LogP contribution in [0.5, 0.6) is 5.75 Å².